The number of hydrogen-bond acceptors (Lipinski definition) is 4. The van der Waals surface area contributed by atoms with Crippen molar-refractivity contribution in [3.05, 3.63) is 24.0 Å². The zero-order valence-corrected chi connectivity index (χ0v) is 10.7. The van der Waals surface area contributed by atoms with Gasteiger partial charge in [-0.2, -0.15) is 0 Å². The van der Waals surface area contributed by atoms with E-state index < -0.39 is 0 Å². The average Bonchev–Trinajstić information content (AvgIpc) is 2.90. The second kappa shape index (κ2) is 4.63. The lowest BCUT2D eigenvalue weighted by Gasteiger charge is -2.18. The Kier molecular flexibility index (Phi) is 3.35. The third-order valence-electron chi connectivity index (χ3n) is 3.58. The van der Waals surface area contributed by atoms with Gasteiger partial charge in [0.05, 0.1) is 18.8 Å². The van der Waals surface area contributed by atoms with Gasteiger partial charge in [-0.1, -0.05) is 13.8 Å². The van der Waals surface area contributed by atoms with Crippen LogP contribution < -0.4 is 16.0 Å². The van der Waals surface area contributed by atoms with Crippen LogP contribution in [0.1, 0.15) is 38.8 Å². The van der Waals surface area contributed by atoms with Crippen molar-refractivity contribution in [2.45, 2.75) is 33.2 Å². The van der Waals surface area contributed by atoms with Crippen LogP contribution in [0.3, 0.4) is 0 Å². The Morgan fingerprint density at radius 3 is 2.82 bits per heavy atom. The highest BCUT2D eigenvalue weighted by molar-refractivity contribution is 5.28. The number of hydrogen-bond donors (Lipinski definition) is 2. The van der Waals surface area contributed by atoms with Crippen LogP contribution in [0.15, 0.2) is 18.5 Å². The smallest absolute Gasteiger partial charge is 0.137 e. The maximum atomic E-state index is 5.67. The summed E-state index contributed by atoms with van der Waals surface area (Å²) in [6.45, 7) is 7.15. The van der Waals surface area contributed by atoms with Gasteiger partial charge in [-0.25, -0.2) is 0 Å². The summed E-state index contributed by atoms with van der Waals surface area (Å²) in [5, 5.41) is 0. The molecule has 2 atom stereocenters. The molecule has 1 aromatic rings. The summed E-state index contributed by atoms with van der Waals surface area (Å²) in [4.78, 5) is 4.21. The fraction of sp³-hybridized carbons (Fsp3) is 0.615. The van der Waals surface area contributed by atoms with E-state index in [1.165, 1.54) is 6.42 Å². The van der Waals surface area contributed by atoms with E-state index in [9.17, 15) is 0 Å². The molecule has 1 saturated carbocycles. The van der Waals surface area contributed by atoms with Crippen LogP contribution in [-0.2, 0) is 0 Å². The van der Waals surface area contributed by atoms with E-state index >= 15 is 0 Å². The minimum absolute atomic E-state index is 0.165. The number of aromatic nitrogens is 1. The molecule has 94 valence electrons. The van der Waals surface area contributed by atoms with Gasteiger partial charge in [-0.15, -0.1) is 0 Å². The summed E-state index contributed by atoms with van der Waals surface area (Å²) < 4.78 is 5.46. The molecule has 1 heterocycles. The first-order valence-corrected chi connectivity index (χ1v) is 6.12. The number of nitrogens with one attached hydrogen (secondary N) is 1. The SMILES string of the molecule is CCOc1cncc(C(NN)C2CC2(C)C)c1. The third-order valence-corrected chi connectivity index (χ3v) is 3.58. The fourth-order valence-electron chi connectivity index (χ4n) is 2.37. The lowest BCUT2D eigenvalue weighted by molar-refractivity contribution is 0.336. The first-order chi connectivity index (χ1) is 8.08. The van der Waals surface area contributed by atoms with Crippen LogP contribution in [0.2, 0.25) is 0 Å². The average molecular weight is 235 g/mol. The Hall–Kier alpha value is -1.13. The standard InChI is InChI=1S/C13H21N3O/c1-4-17-10-5-9(7-15-8-10)12(16-14)11-6-13(11,2)3/h5,7-8,11-12,16H,4,6,14H2,1-3H3. The molecule has 0 bridgehead atoms. The molecular weight excluding hydrogens is 214 g/mol. The molecule has 0 aromatic carbocycles. The number of hydrazine groups is 1. The molecule has 0 radical (unpaired) electrons. The van der Waals surface area contributed by atoms with E-state index in [0.717, 1.165) is 11.3 Å². The van der Waals surface area contributed by atoms with Crippen molar-refractivity contribution in [2.24, 2.45) is 17.2 Å². The van der Waals surface area contributed by atoms with Gasteiger partial charge in [0.15, 0.2) is 0 Å². The monoisotopic (exact) mass is 235 g/mol. The minimum atomic E-state index is 0.165. The topological polar surface area (TPSA) is 60.2 Å². The van der Waals surface area contributed by atoms with Crippen molar-refractivity contribution < 1.29 is 4.74 Å². The molecule has 2 unspecified atom stereocenters. The molecule has 17 heavy (non-hydrogen) atoms. The summed E-state index contributed by atoms with van der Waals surface area (Å²) in [6, 6.07) is 2.19. The van der Waals surface area contributed by atoms with Gasteiger partial charge in [-0.3, -0.25) is 16.3 Å². The molecule has 2 rings (SSSR count). The predicted molar refractivity (Wildman–Crippen MR) is 67.4 cm³/mol. The van der Waals surface area contributed by atoms with Crippen LogP contribution >= 0.6 is 0 Å². The highest BCUT2D eigenvalue weighted by Crippen LogP contribution is 2.57. The second-order valence-corrected chi connectivity index (χ2v) is 5.33. The zero-order chi connectivity index (χ0) is 12.5. The molecule has 0 spiro atoms. The Morgan fingerprint density at radius 2 is 2.29 bits per heavy atom. The van der Waals surface area contributed by atoms with Gasteiger partial charge in [0.25, 0.3) is 0 Å². The van der Waals surface area contributed by atoms with E-state index in [1.54, 1.807) is 6.20 Å². The Labute approximate surface area is 103 Å². The number of nitrogens with zero attached hydrogens (tertiary/aromatic N) is 1. The second-order valence-electron chi connectivity index (χ2n) is 5.33. The van der Waals surface area contributed by atoms with Gasteiger partial charge in [0.2, 0.25) is 0 Å². The fourth-order valence-corrected chi connectivity index (χ4v) is 2.37. The summed E-state index contributed by atoms with van der Waals surface area (Å²) in [7, 11) is 0. The lowest BCUT2D eigenvalue weighted by Crippen LogP contribution is -2.30. The van der Waals surface area contributed by atoms with E-state index in [2.05, 4.69) is 24.3 Å². The summed E-state index contributed by atoms with van der Waals surface area (Å²) in [6.07, 6.45) is 4.79. The van der Waals surface area contributed by atoms with Gasteiger partial charge in [0.1, 0.15) is 5.75 Å². The number of ether oxygens (including phenoxy) is 1. The molecule has 1 aliphatic rings. The number of rotatable bonds is 5. The van der Waals surface area contributed by atoms with E-state index in [0.29, 0.717) is 17.9 Å². The molecule has 3 N–H and O–H groups in total. The molecule has 0 amide bonds. The van der Waals surface area contributed by atoms with Crippen LogP contribution in [0.5, 0.6) is 5.75 Å². The van der Waals surface area contributed by atoms with Crippen molar-refractivity contribution in [1.82, 2.24) is 10.4 Å². The van der Waals surface area contributed by atoms with Gasteiger partial charge in [-0.05, 0) is 36.3 Å². The first-order valence-electron chi connectivity index (χ1n) is 6.12. The molecule has 0 aliphatic heterocycles. The highest BCUT2D eigenvalue weighted by Gasteiger charge is 2.50. The molecule has 1 aliphatic carbocycles. The van der Waals surface area contributed by atoms with Gasteiger partial charge >= 0.3 is 0 Å². The van der Waals surface area contributed by atoms with Crippen molar-refractivity contribution in [3.63, 3.8) is 0 Å². The van der Waals surface area contributed by atoms with E-state index in [-0.39, 0.29) is 6.04 Å². The van der Waals surface area contributed by atoms with Gasteiger partial charge < -0.3 is 4.74 Å². The number of nitrogens with two attached hydrogens (primary N) is 1. The Balaban J connectivity index is 2.17. The summed E-state index contributed by atoms with van der Waals surface area (Å²) in [5.74, 6) is 7.06. The molecular formula is C13H21N3O. The molecule has 1 fully saturated rings. The lowest BCUT2D eigenvalue weighted by atomic mass is 9.99. The van der Waals surface area contributed by atoms with Crippen molar-refractivity contribution >= 4 is 0 Å². The molecule has 1 aromatic heterocycles. The normalized spacial score (nSPS) is 23.2. The summed E-state index contributed by atoms with van der Waals surface area (Å²) in [5.41, 5.74) is 4.39. The first kappa shape index (κ1) is 12.3. The molecule has 4 heteroatoms. The van der Waals surface area contributed by atoms with E-state index in [1.807, 2.05) is 19.2 Å². The Bertz CT molecular complexity index is 392. The Morgan fingerprint density at radius 1 is 1.59 bits per heavy atom. The maximum Gasteiger partial charge on any atom is 0.137 e. The van der Waals surface area contributed by atoms with Crippen molar-refractivity contribution in [1.29, 1.82) is 0 Å². The third kappa shape index (κ3) is 2.58. The molecule has 4 nitrogen and oxygen atoms in total. The maximum absolute atomic E-state index is 5.67. The van der Waals surface area contributed by atoms with Crippen LogP contribution in [0, 0.1) is 11.3 Å². The van der Waals surface area contributed by atoms with Gasteiger partial charge in [0, 0.05) is 6.20 Å². The van der Waals surface area contributed by atoms with E-state index in [4.69, 9.17) is 10.6 Å². The van der Waals surface area contributed by atoms with Crippen molar-refractivity contribution in [2.75, 3.05) is 6.61 Å². The zero-order valence-electron chi connectivity index (χ0n) is 10.7. The van der Waals surface area contributed by atoms with Crippen LogP contribution in [0.4, 0.5) is 0 Å². The summed E-state index contributed by atoms with van der Waals surface area (Å²) >= 11 is 0. The van der Waals surface area contributed by atoms with Crippen LogP contribution in [-0.4, -0.2) is 11.6 Å². The van der Waals surface area contributed by atoms with Crippen molar-refractivity contribution in [3.8, 4) is 5.75 Å². The van der Waals surface area contributed by atoms with Crippen LogP contribution in [0.25, 0.3) is 0 Å². The predicted octanol–water partition coefficient (Wildman–Crippen LogP) is 2.03. The quantitative estimate of drug-likeness (QED) is 0.605. The minimum Gasteiger partial charge on any atom is -0.492 e. The largest absolute Gasteiger partial charge is 0.492 e. The number of pyridine rings is 1. The molecule has 0 saturated heterocycles. The highest BCUT2D eigenvalue weighted by atomic mass is 16.5.